The molecule has 1 aromatic carbocycles. The Balaban J connectivity index is 1.89. The molecule has 2 N–H and O–H groups in total. The van der Waals surface area contributed by atoms with Crippen LogP contribution in [0, 0.1) is 13.8 Å². The Bertz CT molecular complexity index is 512. The number of anilines is 1. The van der Waals surface area contributed by atoms with E-state index in [1.807, 2.05) is 32.9 Å². The maximum atomic E-state index is 12.2. The van der Waals surface area contributed by atoms with Gasteiger partial charge < -0.3 is 10.4 Å². The van der Waals surface area contributed by atoms with Gasteiger partial charge in [0.2, 0.25) is 5.91 Å². The lowest BCUT2D eigenvalue weighted by molar-refractivity contribution is -0.117. The Morgan fingerprint density at radius 3 is 2.81 bits per heavy atom. The van der Waals surface area contributed by atoms with Crippen molar-refractivity contribution in [3.05, 3.63) is 29.3 Å². The van der Waals surface area contributed by atoms with Gasteiger partial charge in [0.15, 0.2) is 0 Å². The largest absolute Gasteiger partial charge is 0.390 e. The van der Waals surface area contributed by atoms with Crippen LogP contribution in [0.25, 0.3) is 0 Å². The number of hydrogen-bond acceptors (Lipinski definition) is 3. The van der Waals surface area contributed by atoms with Crippen molar-refractivity contribution < 1.29 is 9.90 Å². The fraction of sp³-hybridized carbons (Fsp3) is 0.588. The lowest BCUT2D eigenvalue weighted by Crippen LogP contribution is -2.35. The van der Waals surface area contributed by atoms with Crippen molar-refractivity contribution in [2.24, 2.45) is 0 Å². The first kappa shape index (κ1) is 16.0. The van der Waals surface area contributed by atoms with Gasteiger partial charge in [0.1, 0.15) is 0 Å². The van der Waals surface area contributed by atoms with E-state index in [1.54, 1.807) is 0 Å². The molecule has 1 fully saturated rings. The van der Waals surface area contributed by atoms with Crippen LogP contribution in [-0.4, -0.2) is 41.1 Å². The first-order valence-electron chi connectivity index (χ1n) is 7.68. The normalized spacial score (nSPS) is 23.6. The van der Waals surface area contributed by atoms with E-state index < -0.39 is 5.60 Å². The van der Waals surface area contributed by atoms with Crippen LogP contribution in [0.3, 0.4) is 0 Å². The number of aliphatic hydroxyl groups is 1. The van der Waals surface area contributed by atoms with Crippen LogP contribution < -0.4 is 5.32 Å². The Hall–Kier alpha value is -1.39. The zero-order valence-electron chi connectivity index (χ0n) is 13.3. The highest BCUT2D eigenvalue weighted by Gasteiger charge is 2.25. The molecule has 0 spiro atoms. The molecule has 0 aromatic heterocycles. The van der Waals surface area contributed by atoms with E-state index in [0.29, 0.717) is 6.54 Å². The first-order valence-corrected chi connectivity index (χ1v) is 7.68. The van der Waals surface area contributed by atoms with E-state index >= 15 is 0 Å². The molecule has 0 bridgehead atoms. The number of carbonyl (C=O) groups excluding carboxylic acids is 1. The molecule has 0 saturated carbocycles. The third kappa shape index (κ3) is 4.83. The number of nitrogens with one attached hydrogen (secondary N) is 1. The SMILES string of the molecule is Cc1ccc(NC(=O)CN2CCCC(C)(O)CC2)c(C)c1. The summed E-state index contributed by atoms with van der Waals surface area (Å²) in [5.41, 5.74) is 2.58. The van der Waals surface area contributed by atoms with Gasteiger partial charge in [-0.05, 0) is 58.2 Å². The lowest BCUT2D eigenvalue weighted by Gasteiger charge is -2.22. The average molecular weight is 290 g/mol. The fourth-order valence-electron chi connectivity index (χ4n) is 2.82. The van der Waals surface area contributed by atoms with Crippen molar-refractivity contribution in [2.45, 2.75) is 45.6 Å². The van der Waals surface area contributed by atoms with Crippen molar-refractivity contribution >= 4 is 11.6 Å². The number of amides is 1. The molecule has 1 aromatic rings. The predicted molar refractivity (Wildman–Crippen MR) is 85.5 cm³/mol. The molecule has 1 amide bonds. The van der Waals surface area contributed by atoms with Gasteiger partial charge in [-0.15, -0.1) is 0 Å². The Morgan fingerprint density at radius 1 is 1.33 bits per heavy atom. The lowest BCUT2D eigenvalue weighted by atomic mass is 9.98. The van der Waals surface area contributed by atoms with Gasteiger partial charge in [0.05, 0.1) is 12.1 Å². The molecular formula is C17H26N2O2. The van der Waals surface area contributed by atoms with Crippen LogP contribution in [0.4, 0.5) is 5.69 Å². The van der Waals surface area contributed by atoms with E-state index in [2.05, 4.69) is 16.3 Å². The number of likely N-dealkylation sites (tertiary alicyclic amines) is 1. The summed E-state index contributed by atoms with van der Waals surface area (Å²) >= 11 is 0. The van der Waals surface area contributed by atoms with Crippen molar-refractivity contribution in [1.29, 1.82) is 0 Å². The summed E-state index contributed by atoms with van der Waals surface area (Å²) < 4.78 is 0. The minimum absolute atomic E-state index is 0.0171. The highest BCUT2D eigenvalue weighted by Crippen LogP contribution is 2.21. The number of aryl methyl sites for hydroxylation is 2. The monoisotopic (exact) mass is 290 g/mol. The van der Waals surface area contributed by atoms with Crippen molar-refractivity contribution in [2.75, 3.05) is 25.0 Å². The quantitative estimate of drug-likeness (QED) is 0.899. The van der Waals surface area contributed by atoms with Gasteiger partial charge in [-0.2, -0.15) is 0 Å². The second kappa shape index (κ2) is 6.58. The summed E-state index contributed by atoms with van der Waals surface area (Å²) in [5.74, 6) is 0.0171. The van der Waals surface area contributed by atoms with Crippen LogP contribution >= 0.6 is 0 Å². The van der Waals surface area contributed by atoms with Gasteiger partial charge in [0, 0.05) is 12.2 Å². The Kier molecular flexibility index (Phi) is 5.01. The highest BCUT2D eigenvalue weighted by molar-refractivity contribution is 5.93. The van der Waals surface area contributed by atoms with Gasteiger partial charge in [-0.3, -0.25) is 9.69 Å². The maximum absolute atomic E-state index is 12.2. The van der Waals surface area contributed by atoms with Crippen molar-refractivity contribution in [1.82, 2.24) is 4.90 Å². The minimum Gasteiger partial charge on any atom is -0.390 e. The molecule has 1 atom stereocenters. The number of benzene rings is 1. The Labute approximate surface area is 127 Å². The predicted octanol–water partition coefficient (Wildman–Crippen LogP) is 2.48. The average Bonchev–Trinajstić information content (AvgIpc) is 2.54. The number of carbonyl (C=O) groups is 1. The van der Waals surface area contributed by atoms with Gasteiger partial charge in [0.25, 0.3) is 0 Å². The summed E-state index contributed by atoms with van der Waals surface area (Å²) in [4.78, 5) is 14.3. The molecule has 0 aliphatic carbocycles. The minimum atomic E-state index is -0.585. The topological polar surface area (TPSA) is 52.6 Å². The summed E-state index contributed by atoms with van der Waals surface area (Å²) in [6.45, 7) is 7.97. The summed E-state index contributed by atoms with van der Waals surface area (Å²) in [6.07, 6.45) is 2.47. The van der Waals surface area contributed by atoms with Crippen molar-refractivity contribution in [3.8, 4) is 0 Å². The van der Waals surface area contributed by atoms with Gasteiger partial charge in [-0.1, -0.05) is 17.7 Å². The van der Waals surface area contributed by atoms with E-state index in [1.165, 1.54) is 5.56 Å². The zero-order valence-corrected chi connectivity index (χ0v) is 13.3. The summed E-state index contributed by atoms with van der Waals surface area (Å²) in [6, 6.07) is 6.03. The zero-order chi connectivity index (χ0) is 15.5. The third-order valence-electron chi connectivity index (χ3n) is 4.18. The molecular weight excluding hydrogens is 264 g/mol. The fourth-order valence-corrected chi connectivity index (χ4v) is 2.82. The van der Waals surface area contributed by atoms with Crippen LogP contribution in [0.1, 0.15) is 37.3 Å². The van der Waals surface area contributed by atoms with Crippen molar-refractivity contribution in [3.63, 3.8) is 0 Å². The van der Waals surface area contributed by atoms with Crippen LogP contribution in [0.2, 0.25) is 0 Å². The van der Waals surface area contributed by atoms with Crippen LogP contribution in [0.5, 0.6) is 0 Å². The second-order valence-electron chi connectivity index (χ2n) is 6.49. The molecule has 4 nitrogen and oxygen atoms in total. The van der Waals surface area contributed by atoms with E-state index in [0.717, 1.165) is 43.6 Å². The summed E-state index contributed by atoms with van der Waals surface area (Å²) in [5, 5.41) is 13.1. The number of hydrogen-bond donors (Lipinski definition) is 2. The molecule has 1 saturated heterocycles. The molecule has 2 rings (SSSR count). The van der Waals surface area contributed by atoms with Crippen LogP contribution in [0.15, 0.2) is 18.2 Å². The highest BCUT2D eigenvalue weighted by atomic mass is 16.3. The Morgan fingerprint density at radius 2 is 2.10 bits per heavy atom. The molecule has 0 radical (unpaired) electrons. The third-order valence-corrected chi connectivity index (χ3v) is 4.18. The standard InChI is InChI=1S/C17H26N2O2/c1-13-5-6-15(14(2)11-13)18-16(20)12-19-9-4-7-17(3,21)8-10-19/h5-6,11,21H,4,7-10,12H2,1-3H3,(H,18,20). The molecule has 1 unspecified atom stereocenters. The molecule has 1 aliphatic heterocycles. The number of rotatable bonds is 3. The second-order valence-corrected chi connectivity index (χ2v) is 6.49. The van der Waals surface area contributed by atoms with Gasteiger partial charge >= 0.3 is 0 Å². The van der Waals surface area contributed by atoms with E-state index in [4.69, 9.17) is 0 Å². The van der Waals surface area contributed by atoms with Crippen LogP contribution in [-0.2, 0) is 4.79 Å². The molecule has 1 aliphatic rings. The molecule has 4 heteroatoms. The van der Waals surface area contributed by atoms with E-state index in [-0.39, 0.29) is 5.91 Å². The first-order chi connectivity index (χ1) is 9.85. The molecule has 1 heterocycles. The van der Waals surface area contributed by atoms with E-state index in [9.17, 15) is 9.90 Å². The molecule has 116 valence electrons. The number of nitrogens with zero attached hydrogens (tertiary/aromatic N) is 1. The molecule has 21 heavy (non-hydrogen) atoms. The maximum Gasteiger partial charge on any atom is 0.238 e. The summed E-state index contributed by atoms with van der Waals surface area (Å²) in [7, 11) is 0. The smallest absolute Gasteiger partial charge is 0.238 e. The van der Waals surface area contributed by atoms with Gasteiger partial charge in [-0.25, -0.2) is 0 Å².